The molecule has 0 spiro atoms. The van der Waals surface area contributed by atoms with Crippen molar-refractivity contribution in [1.82, 2.24) is 14.8 Å². The number of thiazole rings is 1. The Morgan fingerprint density at radius 2 is 2.36 bits per heavy atom. The van der Waals surface area contributed by atoms with Gasteiger partial charge >= 0.3 is 0 Å². The second-order valence-electron chi connectivity index (χ2n) is 2.45. The van der Waals surface area contributed by atoms with E-state index >= 15 is 0 Å². The standard InChI is InChI=1S/C7H4Cl2IN3S/c8-1-5-6(9)12-7(14-5)13-3-4(10)2-11-13/h2-3H,1H2. The summed E-state index contributed by atoms with van der Waals surface area (Å²) in [6.45, 7) is 0. The average Bonchev–Trinajstić information content (AvgIpc) is 2.71. The lowest BCUT2D eigenvalue weighted by molar-refractivity contribution is 0.869. The molecule has 74 valence electrons. The molecule has 2 aromatic rings. The number of hydrogen-bond donors (Lipinski definition) is 0. The van der Waals surface area contributed by atoms with E-state index in [1.165, 1.54) is 11.3 Å². The third-order valence-corrected chi connectivity index (χ3v) is 3.96. The van der Waals surface area contributed by atoms with Crippen LogP contribution in [-0.4, -0.2) is 14.8 Å². The van der Waals surface area contributed by atoms with Crippen molar-refractivity contribution in [3.05, 3.63) is 26.0 Å². The fourth-order valence-corrected chi connectivity index (χ4v) is 2.70. The minimum Gasteiger partial charge on any atom is -0.212 e. The normalized spacial score (nSPS) is 10.8. The summed E-state index contributed by atoms with van der Waals surface area (Å²) in [6.07, 6.45) is 3.64. The monoisotopic (exact) mass is 359 g/mol. The third kappa shape index (κ3) is 2.05. The van der Waals surface area contributed by atoms with Crippen molar-refractivity contribution in [2.24, 2.45) is 0 Å². The van der Waals surface area contributed by atoms with Gasteiger partial charge in [0.15, 0.2) is 0 Å². The van der Waals surface area contributed by atoms with Crippen LogP contribution in [0.1, 0.15) is 4.88 Å². The first-order valence-corrected chi connectivity index (χ1v) is 6.43. The number of hydrogen-bond acceptors (Lipinski definition) is 3. The Kier molecular flexibility index (Phi) is 3.30. The van der Waals surface area contributed by atoms with Crippen LogP contribution >= 0.6 is 57.1 Å². The molecule has 3 nitrogen and oxygen atoms in total. The molecule has 2 rings (SSSR count). The van der Waals surface area contributed by atoms with Crippen LogP contribution in [0.5, 0.6) is 0 Å². The Bertz CT molecular complexity index is 453. The summed E-state index contributed by atoms with van der Waals surface area (Å²) in [5, 5.41) is 5.34. The van der Waals surface area contributed by atoms with E-state index in [0.29, 0.717) is 11.0 Å². The lowest BCUT2D eigenvalue weighted by Crippen LogP contribution is -1.91. The van der Waals surface area contributed by atoms with E-state index in [4.69, 9.17) is 23.2 Å². The number of rotatable bonds is 2. The molecule has 2 heterocycles. The van der Waals surface area contributed by atoms with Gasteiger partial charge in [0, 0.05) is 6.20 Å². The van der Waals surface area contributed by atoms with E-state index in [2.05, 4.69) is 32.7 Å². The van der Waals surface area contributed by atoms with E-state index in [-0.39, 0.29) is 0 Å². The van der Waals surface area contributed by atoms with E-state index in [1.54, 1.807) is 10.9 Å². The minimum absolute atomic E-state index is 0.384. The van der Waals surface area contributed by atoms with E-state index < -0.39 is 0 Å². The van der Waals surface area contributed by atoms with Crippen molar-refractivity contribution in [2.45, 2.75) is 5.88 Å². The van der Waals surface area contributed by atoms with Crippen LogP contribution in [0.15, 0.2) is 12.4 Å². The van der Waals surface area contributed by atoms with Gasteiger partial charge in [-0.25, -0.2) is 9.67 Å². The highest BCUT2D eigenvalue weighted by atomic mass is 127. The van der Waals surface area contributed by atoms with Crippen LogP contribution in [0.2, 0.25) is 5.15 Å². The highest BCUT2D eigenvalue weighted by Crippen LogP contribution is 2.27. The Hall–Kier alpha value is 0.150. The quantitative estimate of drug-likeness (QED) is 0.608. The first-order chi connectivity index (χ1) is 6.70. The predicted molar refractivity (Wildman–Crippen MR) is 66.5 cm³/mol. The van der Waals surface area contributed by atoms with Gasteiger partial charge in [-0.05, 0) is 22.6 Å². The molecule has 0 unspecified atom stereocenters. The molecular formula is C7H4Cl2IN3S. The lowest BCUT2D eigenvalue weighted by atomic mass is 10.6. The molecule has 14 heavy (non-hydrogen) atoms. The molecule has 0 saturated carbocycles. The molecule has 0 bridgehead atoms. The van der Waals surface area contributed by atoms with Crippen molar-refractivity contribution in [3.63, 3.8) is 0 Å². The van der Waals surface area contributed by atoms with Crippen LogP contribution in [-0.2, 0) is 5.88 Å². The molecule has 0 aliphatic rings. The molecule has 0 atom stereocenters. The molecule has 0 amide bonds. The fourth-order valence-electron chi connectivity index (χ4n) is 0.907. The smallest absolute Gasteiger partial charge is 0.212 e. The molecule has 0 aliphatic carbocycles. The van der Waals surface area contributed by atoms with E-state index in [9.17, 15) is 0 Å². The molecule has 0 N–H and O–H groups in total. The molecule has 2 aromatic heterocycles. The van der Waals surface area contributed by atoms with Crippen molar-refractivity contribution in [2.75, 3.05) is 0 Å². The zero-order valence-electron chi connectivity index (χ0n) is 6.75. The van der Waals surface area contributed by atoms with Crippen molar-refractivity contribution >= 4 is 57.1 Å². The predicted octanol–water partition coefficient (Wildman–Crippen LogP) is 3.33. The number of halogens is 3. The SMILES string of the molecule is ClCc1sc(-n2cc(I)cn2)nc1Cl. The number of aromatic nitrogens is 3. The zero-order chi connectivity index (χ0) is 10.1. The second kappa shape index (κ2) is 4.34. The van der Waals surface area contributed by atoms with Gasteiger partial charge in [-0.3, -0.25) is 0 Å². The summed E-state index contributed by atoms with van der Waals surface area (Å²) in [5.74, 6) is 0.384. The van der Waals surface area contributed by atoms with Gasteiger partial charge in [0.2, 0.25) is 5.13 Å². The Labute approximate surface area is 108 Å². The first-order valence-electron chi connectivity index (χ1n) is 3.62. The summed E-state index contributed by atoms with van der Waals surface area (Å²) in [7, 11) is 0. The van der Waals surface area contributed by atoms with Crippen molar-refractivity contribution in [3.8, 4) is 5.13 Å². The van der Waals surface area contributed by atoms with Crippen LogP contribution in [0.4, 0.5) is 0 Å². The number of alkyl halides is 1. The molecular weight excluding hydrogens is 356 g/mol. The Morgan fingerprint density at radius 1 is 1.57 bits per heavy atom. The highest BCUT2D eigenvalue weighted by molar-refractivity contribution is 14.1. The maximum Gasteiger partial charge on any atom is 0.212 e. The maximum absolute atomic E-state index is 5.87. The third-order valence-electron chi connectivity index (χ3n) is 1.51. The average molecular weight is 360 g/mol. The van der Waals surface area contributed by atoms with Crippen molar-refractivity contribution in [1.29, 1.82) is 0 Å². The Morgan fingerprint density at radius 3 is 2.86 bits per heavy atom. The first kappa shape index (κ1) is 10.7. The largest absolute Gasteiger partial charge is 0.212 e. The fraction of sp³-hybridized carbons (Fsp3) is 0.143. The van der Waals surface area contributed by atoms with Crippen LogP contribution in [0.25, 0.3) is 5.13 Å². The van der Waals surface area contributed by atoms with Crippen LogP contribution < -0.4 is 0 Å². The molecule has 0 radical (unpaired) electrons. The van der Waals surface area contributed by atoms with Gasteiger partial charge in [0.1, 0.15) is 5.15 Å². The maximum atomic E-state index is 5.87. The second-order valence-corrected chi connectivity index (χ2v) is 5.38. The summed E-state index contributed by atoms with van der Waals surface area (Å²) in [4.78, 5) is 5.03. The molecule has 0 aromatic carbocycles. The minimum atomic E-state index is 0.384. The molecule has 0 fully saturated rings. The molecule has 0 saturated heterocycles. The summed E-state index contributed by atoms with van der Waals surface area (Å²) < 4.78 is 2.75. The van der Waals surface area contributed by atoms with Gasteiger partial charge < -0.3 is 0 Å². The van der Waals surface area contributed by atoms with Crippen LogP contribution in [0.3, 0.4) is 0 Å². The highest BCUT2D eigenvalue weighted by Gasteiger charge is 2.10. The summed E-state index contributed by atoms with van der Waals surface area (Å²) in [5.41, 5.74) is 0. The molecule has 7 heteroatoms. The van der Waals surface area contributed by atoms with Gasteiger partial charge in [-0.1, -0.05) is 22.9 Å². The van der Waals surface area contributed by atoms with Crippen LogP contribution in [0, 0.1) is 3.57 Å². The van der Waals surface area contributed by atoms with E-state index in [1.807, 2.05) is 6.20 Å². The summed E-state index contributed by atoms with van der Waals surface area (Å²) >= 11 is 15.2. The van der Waals surface area contributed by atoms with E-state index in [0.717, 1.165) is 13.6 Å². The van der Waals surface area contributed by atoms with Gasteiger partial charge in [0.25, 0.3) is 0 Å². The van der Waals surface area contributed by atoms with Crippen molar-refractivity contribution < 1.29 is 0 Å². The number of nitrogens with zero attached hydrogens (tertiary/aromatic N) is 3. The van der Waals surface area contributed by atoms with Gasteiger partial charge in [-0.15, -0.1) is 11.6 Å². The van der Waals surface area contributed by atoms with Gasteiger partial charge in [0.05, 0.1) is 20.5 Å². The molecule has 0 aliphatic heterocycles. The summed E-state index contributed by atoms with van der Waals surface area (Å²) in [6, 6.07) is 0. The zero-order valence-corrected chi connectivity index (χ0v) is 11.2. The lowest BCUT2D eigenvalue weighted by Gasteiger charge is -1.90. The topological polar surface area (TPSA) is 30.7 Å². The van der Waals surface area contributed by atoms with Gasteiger partial charge in [-0.2, -0.15) is 5.10 Å². The Balaban J connectivity index is 2.42.